The molecule has 2 rings (SSSR count). The monoisotopic (exact) mass is 382 g/mol. The van der Waals surface area contributed by atoms with Gasteiger partial charge >= 0.3 is 0 Å². The largest absolute Gasteiger partial charge is 0.312 e. The number of unbranched alkanes of at least 4 members (excludes halogenated alkanes) is 5. The first kappa shape index (κ1) is 15.4. The van der Waals surface area contributed by atoms with Gasteiger partial charge in [-0.05, 0) is 66.5 Å². The van der Waals surface area contributed by atoms with Crippen LogP contribution >= 0.6 is 26.8 Å². The van der Waals surface area contributed by atoms with E-state index in [1.54, 1.807) is 0 Å². The Labute approximate surface area is 126 Å². The lowest BCUT2D eigenvalue weighted by molar-refractivity contribution is 0.479. The van der Waals surface area contributed by atoms with Crippen molar-refractivity contribution in [1.29, 1.82) is 0 Å². The lowest BCUT2D eigenvalue weighted by Crippen LogP contribution is -2.21. The average Bonchev–Trinajstić information content (AvgIpc) is 2.95. The summed E-state index contributed by atoms with van der Waals surface area (Å²) in [5.41, 5.74) is 0. The van der Waals surface area contributed by atoms with Gasteiger partial charge < -0.3 is 4.57 Å². The third-order valence-corrected chi connectivity index (χ3v) is 12.7. The van der Waals surface area contributed by atoms with E-state index in [4.69, 9.17) is 0 Å². The van der Waals surface area contributed by atoms with Gasteiger partial charge in [0, 0.05) is 11.3 Å². The fourth-order valence-electron chi connectivity index (χ4n) is 3.96. The molecule has 0 saturated heterocycles. The molecule has 0 aromatic rings. The molecule has 0 amide bonds. The maximum absolute atomic E-state index is 13.1. The van der Waals surface area contributed by atoms with Crippen LogP contribution in [0.2, 0.25) is 0 Å². The first-order chi connectivity index (χ1) is 8.60. The van der Waals surface area contributed by atoms with E-state index >= 15 is 0 Å². The zero-order valence-corrected chi connectivity index (χ0v) is 14.8. The minimum absolute atomic E-state index is 0.293. The summed E-state index contributed by atoms with van der Waals surface area (Å²) in [5.74, 6) is 0.928. The summed E-state index contributed by atoms with van der Waals surface area (Å²) in [5, 5.41) is 0.293. The number of rotatable bonds is 8. The highest BCUT2D eigenvalue weighted by Gasteiger charge is 2.54. The molecule has 0 aromatic carbocycles. The van der Waals surface area contributed by atoms with Crippen LogP contribution in [-0.2, 0) is 4.57 Å². The summed E-state index contributed by atoms with van der Waals surface area (Å²) in [6, 6.07) is 0. The first-order valence-corrected chi connectivity index (χ1v) is 12.6. The Hall–Kier alpha value is 0.960. The molecule has 0 radical (unpaired) electrons. The average molecular weight is 382 g/mol. The molecular weight excluding hydrogens is 354 g/mol. The first-order valence-electron chi connectivity index (χ1n) is 7.88. The van der Waals surface area contributed by atoms with E-state index in [1.807, 2.05) is 0 Å². The topological polar surface area (TPSA) is 17.1 Å². The normalized spacial score (nSPS) is 33.8. The summed E-state index contributed by atoms with van der Waals surface area (Å²) in [6.07, 6.45) is 15.5. The number of halogens is 1. The van der Waals surface area contributed by atoms with E-state index in [0.717, 1.165) is 12.1 Å². The van der Waals surface area contributed by atoms with Gasteiger partial charge in [0.1, 0.15) is 4.78 Å². The predicted octanol–water partition coefficient (Wildman–Crippen LogP) is 6.39. The Morgan fingerprint density at radius 1 is 1.11 bits per heavy atom. The minimum Gasteiger partial charge on any atom is -0.312 e. The number of hydrogen-bond donors (Lipinski definition) is 0. The van der Waals surface area contributed by atoms with Gasteiger partial charge in [0.25, 0.3) is 0 Å². The summed E-state index contributed by atoms with van der Waals surface area (Å²) >= 11 is 2.38. The van der Waals surface area contributed by atoms with Crippen molar-refractivity contribution in [3.05, 3.63) is 0 Å². The highest BCUT2D eigenvalue weighted by Crippen LogP contribution is 2.75. The molecule has 2 aliphatic carbocycles. The minimum atomic E-state index is -1.92. The molecule has 0 N–H and O–H groups in total. The van der Waals surface area contributed by atoms with E-state index in [0.29, 0.717) is 5.16 Å². The Kier molecular flexibility index (Phi) is 5.64. The Balaban J connectivity index is 1.72. The summed E-state index contributed by atoms with van der Waals surface area (Å²) in [7, 11) is 0. The standard InChI is InChI=1S/C15H28IOP/c1-2-3-4-5-6-7-12-18(16,17)15-10-8-14(13-15)9-11-15/h14H,2-13H2,1H3. The van der Waals surface area contributed by atoms with Crippen LogP contribution < -0.4 is 0 Å². The lowest BCUT2D eigenvalue weighted by Gasteiger charge is -2.32. The quantitative estimate of drug-likeness (QED) is 0.270. The molecule has 2 bridgehead atoms. The molecular formula is C15H28IOP. The zero-order chi connectivity index (χ0) is 13.1. The summed E-state index contributed by atoms with van der Waals surface area (Å²) in [6.45, 7) is 2.26. The van der Waals surface area contributed by atoms with Crippen LogP contribution in [0.4, 0.5) is 0 Å². The second-order valence-corrected chi connectivity index (χ2v) is 13.9. The van der Waals surface area contributed by atoms with Gasteiger partial charge in [-0.3, -0.25) is 0 Å². The molecule has 2 fully saturated rings. The number of hydrogen-bond acceptors (Lipinski definition) is 1. The molecule has 2 aliphatic rings. The van der Waals surface area contributed by atoms with Crippen LogP contribution in [0.1, 0.15) is 77.6 Å². The van der Waals surface area contributed by atoms with Crippen molar-refractivity contribution in [2.24, 2.45) is 5.92 Å². The molecule has 1 nitrogen and oxygen atoms in total. The van der Waals surface area contributed by atoms with Gasteiger partial charge in [0.05, 0.1) is 0 Å². The summed E-state index contributed by atoms with van der Waals surface area (Å²) < 4.78 is 13.1. The molecule has 18 heavy (non-hydrogen) atoms. The Morgan fingerprint density at radius 3 is 2.28 bits per heavy atom. The van der Waals surface area contributed by atoms with Crippen LogP contribution in [0.3, 0.4) is 0 Å². The zero-order valence-electron chi connectivity index (χ0n) is 11.8. The SMILES string of the molecule is CCCCCCCCP(=O)(I)C12CCC(CC1)C2. The van der Waals surface area contributed by atoms with E-state index in [9.17, 15) is 4.57 Å². The molecule has 2 saturated carbocycles. The number of fused-ring (bicyclic) bond motifs is 2. The molecule has 3 heteroatoms. The van der Waals surface area contributed by atoms with Gasteiger partial charge in [-0.2, -0.15) is 0 Å². The summed E-state index contributed by atoms with van der Waals surface area (Å²) in [4.78, 5) is -1.92. The predicted molar refractivity (Wildman–Crippen MR) is 89.2 cm³/mol. The van der Waals surface area contributed by atoms with Crippen molar-refractivity contribution in [2.75, 3.05) is 6.16 Å². The fourth-order valence-corrected chi connectivity index (χ4v) is 9.59. The molecule has 1 unspecified atom stereocenters. The van der Waals surface area contributed by atoms with E-state index in [-0.39, 0.29) is 0 Å². The van der Waals surface area contributed by atoms with Crippen LogP contribution in [-0.4, -0.2) is 11.3 Å². The van der Waals surface area contributed by atoms with E-state index < -0.39 is 4.78 Å². The molecule has 106 valence electrons. The maximum atomic E-state index is 13.1. The molecule has 0 aliphatic heterocycles. The van der Waals surface area contributed by atoms with Crippen molar-refractivity contribution in [3.8, 4) is 0 Å². The highest BCUT2D eigenvalue weighted by molar-refractivity contribution is 14.2. The molecule has 0 spiro atoms. The molecule has 1 atom stereocenters. The van der Waals surface area contributed by atoms with Crippen molar-refractivity contribution < 1.29 is 4.57 Å². The van der Waals surface area contributed by atoms with Crippen molar-refractivity contribution >= 4 is 26.8 Å². The lowest BCUT2D eigenvalue weighted by atomic mass is 10.0. The van der Waals surface area contributed by atoms with Crippen LogP contribution in [0, 0.1) is 5.92 Å². The van der Waals surface area contributed by atoms with Crippen molar-refractivity contribution in [3.63, 3.8) is 0 Å². The van der Waals surface area contributed by atoms with Crippen LogP contribution in [0.5, 0.6) is 0 Å². The fraction of sp³-hybridized carbons (Fsp3) is 1.00. The van der Waals surface area contributed by atoms with E-state index in [1.165, 1.54) is 70.6 Å². The molecule has 0 aromatic heterocycles. The maximum Gasteiger partial charge on any atom is 0.149 e. The highest BCUT2D eigenvalue weighted by atomic mass is 127. The second kappa shape index (κ2) is 6.61. The smallest absolute Gasteiger partial charge is 0.149 e. The van der Waals surface area contributed by atoms with Gasteiger partial charge in [-0.25, -0.2) is 0 Å². The van der Waals surface area contributed by atoms with Gasteiger partial charge in [0.15, 0.2) is 0 Å². The van der Waals surface area contributed by atoms with E-state index in [2.05, 4.69) is 29.0 Å². The second-order valence-electron chi connectivity index (χ2n) is 6.51. The third-order valence-electron chi connectivity index (χ3n) is 5.21. The Bertz CT molecular complexity index is 308. The van der Waals surface area contributed by atoms with Crippen molar-refractivity contribution in [1.82, 2.24) is 0 Å². The van der Waals surface area contributed by atoms with Gasteiger partial charge in [-0.1, -0.05) is 39.0 Å². The molecule has 0 heterocycles. The van der Waals surface area contributed by atoms with Gasteiger partial charge in [0.2, 0.25) is 0 Å². The third kappa shape index (κ3) is 3.34. The Morgan fingerprint density at radius 2 is 1.72 bits per heavy atom. The van der Waals surface area contributed by atoms with Crippen LogP contribution in [0.25, 0.3) is 0 Å². The van der Waals surface area contributed by atoms with Crippen LogP contribution in [0.15, 0.2) is 0 Å². The van der Waals surface area contributed by atoms with Gasteiger partial charge in [-0.15, -0.1) is 0 Å². The van der Waals surface area contributed by atoms with Crippen molar-refractivity contribution in [2.45, 2.75) is 82.7 Å².